The molecule has 0 radical (unpaired) electrons. The van der Waals surface area contributed by atoms with E-state index < -0.39 is 5.82 Å². The lowest BCUT2D eigenvalue weighted by Gasteiger charge is -2.23. The Labute approximate surface area is 258 Å². The van der Waals surface area contributed by atoms with Crippen molar-refractivity contribution in [2.45, 2.75) is 26.1 Å². The average Bonchev–Trinajstić information content (AvgIpc) is 3.63. The van der Waals surface area contributed by atoms with Crippen molar-refractivity contribution in [3.63, 3.8) is 0 Å². The minimum absolute atomic E-state index is 0.0773. The third-order valence-electron chi connectivity index (χ3n) is 8.06. The highest BCUT2D eigenvalue weighted by atomic mass is 32.1. The van der Waals surface area contributed by atoms with E-state index in [2.05, 4.69) is 27.8 Å². The largest absolute Gasteiger partial charge is 0.367 e. The summed E-state index contributed by atoms with van der Waals surface area (Å²) in [4.78, 5) is 34.9. The number of para-hydroxylation sites is 2. The Morgan fingerprint density at radius 2 is 1.82 bits per heavy atom. The Morgan fingerprint density at radius 1 is 1.00 bits per heavy atom. The zero-order valence-corrected chi connectivity index (χ0v) is 24.8. The first-order chi connectivity index (χ1) is 21.5. The van der Waals surface area contributed by atoms with Crippen LogP contribution in [0.1, 0.15) is 48.5 Å². The predicted octanol–water partition coefficient (Wildman–Crippen LogP) is 7.40. The zero-order valence-electron chi connectivity index (χ0n) is 24.0. The van der Waals surface area contributed by atoms with Gasteiger partial charge in [-0.1, -0.05) is 60.7 Å². The molecule has 1 atom stereocenters. The van der Waals surface area contributed by atoms with E-state index in [1.807, 2.05) is 54.6 Å². The Balaban J connectivity index is 1.11. The topological polar surface area (TPSA) is 83.6 Å². The maximum absolute atomic E-state index is 14.4. The molecule has 0 saturated carbocycles. The van der Waals surface area contributed by atoms with E-state index in [0.717, 1.165) is 21.7 Å². The van der Waals surface area contributed by atoms with Gasteiger partial charge in [0, 0.05) is 23.5 Å². The summed E-state index contributed by atoms with van der Waals surface area (Å²) >= 11 is 1.35. The second-order valence-corrected chi connectivity index (χ2v) is 11.9. The van der Waals surface area contributed by atoms with Crippen molar-refractivity contribution in [3.05, 3.63) is 130 Å². The smallest absolute Gasteiger partial charge is 0.276 e. The van der Waals surface area contributed by atoms with E-state index in [0.29, 0.717) is 48.1 Å². The number of halogens is 1. The number of aromatic nitrogens is 1. The second kappa shape index (κ2) is 11.7. The molecule has 2 aromatic heterocycles. The monoisotopic (exact) mass is 604 g/mol. The fraction of sp³-hybridized carbons (Fsp3) is 0.171. The molecule has 2 amide bonds. The maximum atomic E-state index is 14.4. The molecule has 5 aromatic rings. The molecular weight excluding hydrogens is 575 g/mol. The van der Waals surface area contributed by atoms with Gasteiger partial charge < -0.3 is 20.3 Å². The highest BCUT2D eigenvalue weighted by Gasteiger charge is 2.29. The summed E-state index contributed by atoms with van der Waals surface area (Å²) in [6.07, 6.45) is 0.473. The van der Waals surface area contributed by atoms with Crippen LogP contribution in [-0.2, 0) is 17.8 Å². The number of fused-ring (bicyclic) bond motifs is 4. The van der Waals surface area contributed by atoms with Crippen molar-refractivity contribution in [3.8, 4) is 10.4 Å². The van der Waals surface area contributed by atoms with Gasteiger partial charge in [-0.3, -0.25) is 9.59 Å². The standard InChI is InChI=1S/C35H29FN4O3S/c1-21-8-6-12-26(36)32(21)39-34(41)30-18-22-16-17-40(28-14-5-4-11-25(28)33(22)44-30)35(42)27-13-7-15-31(38-27)37-19-29-24-10-3-2-9-23(24)20-43-29/h2-15,18,29H,16-17,19-20H2,1H3,(H,37,38)(H,39,41). The van der Waals surface area contributed by atoms with Crippen LogP contribution in [-0.4, -0.2) is 29.9 Å². The summed E-state index contributed by atoms with van der Waals surface area (Å²) in [7, 11) is 0. The molecule has 0 aliphatic carbocycles. The molecule has 7 rings (SSSR count). The molecule has 0 bridgehead atoms. The number of hydrogen-bond donors (Lipinski definition) is 2. The van der Waals surface area contributed by atoms with Gasteiger partial charge in [-0.05, 0) is 65.9 Å². The van der Waals surface area contributed by atoms with Crippen molar-refractivity contribution in [2.75, 3.05) is 28.6 Å². The highest BCUT2D eigenvalue weighted by molar-refractivity contribution is 7.17. The quantitative estimate of drug-likeness (QED) is 0.211. The normalized spacial score (nSPS) is 15.1. The molecule has 7 nitrogen and oxygen atoms in total. The number of anilines is 3. The Morgan fingerprint density at radius 3 is 2.70 bits per heavy atom. The van der Waals surface area contributed by atoms with Gasteiger partial charge in [0.2, 0.25) is 0 Å². The summed E-state index contributed by atoms with van der Waals surface area (Å²) in [5.41, 5.74) is 6.12. The minimum Gasteiger partial charge on any atom is -0.367 e. The Hall–Kier alpha value is -4.86. The first kappa shape index (κ1) is 27.9. The number of rotatable bonds is 6. The number of thiophene rings is 1. The maximum Gasteiger partial charge on any atom is 0.276 e. The third-order valence-corrected chi connectivity index (χ3v) is 9.27. The van der Waals surface area contributed by atoms with E-state index in [4.69, 9.17) is 4.74 Å². The summed E-state index contributed by atoms with van der Waals surface area (Å²) in [5, 5.41) is 6.08. The number of pyridine rings is 1. The summed E-state index contributed by atoms with van der Waals surface area (Å²) in [6.45, 7) is 3.31. The molecule has 0 spiro atoms. The van der Waals surface area contributed by atoms with E-state index in [1.165, 1.54) is 28.5 Å². The second-order valence-electron chi connectivity index (χ2n) is 10.9. The zero-order chi connectivity index (χ0) is 30.2. The predicted molar refractivity (Wildman–Crippen MR) is 171 cm³/mol. The Kier molecular flexibility index (Phi) is 7.41. The average molecular weight is 605 g/mol. The minimum atomic E-state index is -0.471. The van der Waals surface area contributed by atoms with Crippen LogP contribution in [0.25, 0.3) is 10.4 Å². The van der Waals surface area contributed by atoms with Crippen molar-refractivity contribution in [1.29, 1.82) is 0 Å². The van der Waals surface area contributed by atoms with Crippen LogP contribution in [0, 0.1) is 12.7 Å². The van der Waals surface area contributed by atoms with Crippen LogP contribution in [0.15, 0.2) is 91.0 Å². The number of nitrogens with zero attached hydrogens (tertiary/aromatic N) is 2. The molecule has 4 heterocycles. The molecular formula is C35H29FN4O3S. The summed E-state index contributed by atoms with van der Waals surface area (Å²) in [5.74, 6) is -0.429. The van der Waals surface area contributed by atoms with Gasteiger partial charge in [0.05, 0.1) is 22.9 Å². The number of aryl methyl sites for hydroxylation is 1. The number of ether oxygens (including phenoxy) is 1. The fourth-order valence-corrected chi connectivity index (χ4v) is 6.94. The first-order valence-electron chi connectivity index (χ1n) is 14.5. The molecule has 9 heteroatoms. The van der Waals surface area contributed by atoms with Crippen LogP contribution >= 0.6 is 11.3 Å². The summed E-state index contributed by atoms with van der Waals surface area (Å²) < 4.78 is 20.3. The van der Waals surface area contributed by atoms with Crippen LogP contribution in [0.3, 0.4) is 0 Å². The van der Waals surface area contributed by atoms with E-state index in [9.17, 15) is 14.0 Å². The molecule has 1 unspecified atom stereocenters. The molecule has 220 valence electrons. The van der Waals surface area contributed by atoms with Crippen molar-refractivity contribution >= 4 is 40.3 Å². The van der Waals surface area contributed by atoms with Crippen LogP contribution in [0.4, 0.5) is 21.6 Å². The molecule has 2 aliphatic heterocycles. The van der Waals surface area contributed by atoms with Crippen molar-refractivity contribution in [2.24, 2.45) is 0 Å². The molecule has 2 aliphatic rings. The third kappa shape index (κ3) is 5.25. The molecule has 3 aromatic carbocycles. The lowest BCUT2D eigenvalue weighted by atomic mass is 10.1. The van der Waals surface area contributed by atoms with Crippen molar-refractivity contribution in [1.82, 2.24) is 4.98 Å². The number of benzene rings is 3. The van der Waals surface area contributed by atoms with Gasteiger partial charge in [-0.2, -0.15) is 0 Å². The van der Waals surface area contributed by atoms with Gasteiger partial charge >= 0.3 is 0 Å². The SMILES string of the molecule is Cc1cccc(F)c1NC(=O)c1cc2c(s1)-c1ccccc1N(C(=O)c1cccc(NCC3OCc4ccccc43)n1)CC2. The molecule has 44 heavy (non-hydrogen) atoms. The van der Waals surface area contributed by atoms with Crippen LogP contribution in [0.5, 0.6) is 0 Å². The van der Waals surface area contributed by atoms with E-state index in [1.54, 1.807) is 30.0 Å². The van der Waals surface area contributed by atoms with Gasteiger partial charge in [-0.25, -0.2) is 9.37 Å². The van der Waals surface area contributed by atoms with E-state index >= 15 is 0 Å². The Bertz CT molecular complexity index is 1880. The van der Waals surface area contributed by atoms with Gasteiger partial charge in [-0.15, -0.1) is 11.3 Å². The van der Waals surface area contributed by atoms with Crippen LogP contribution in [0.2, 0.25) is 0 Å². The number of carbonyl (C=O) groups excluding carboxylic acids is 2. The summed E-state index contributed by atoms with van der Waals surface area (Å²) in [6, 6.07) is 27.8. The highest BCUT2D eigenvalue weighted by Crippen LogP contribution is 2.42. The molecule has 0 saturated heterocycles. The number of amides is 2. The fourth-order valence-electron chi connectivity index (χ4n) is 5.80. The molecule has 0 fully saturated rings. The molecule has 2 N–H and O–H groups in total. The lowest BCUT2D eigenvalue weighted by Crippen LogP contribution is -2.33. The van der Waals surface area contributed by atoms with Gasteiger partial charge in [0.1, 0.15) is 23.4 Å². The van der Waals surface area contributed by atoms with E-state index in [-0.39, 0.29) is 23.6 Å². The number of carbonyl (C=O) groups is 2. The number of nitrogens with one attached hydrogen (secondary N) is 2. The lowest BCUT2D eigenvalue weighted by molar-refractivity contribution is 0.0752. The first-order valence-corrected chi connectivity index (χ1v) is 15.3. The van der Waals surface area contributed by atoms with Gasteiger partial charge in [0.25, 0.3) is 11.8 Å². The number of hydrogen-bond acceptors (Lipinski definition) is 6. The van der Waals surface area contributed by atoms with Gasteiger partial charge in [0.15, 0.2) is 0 Å². The van der Waals surface area contributed by atoms with Crippen LogP contribution < -0.4 is 15.5 Å². The van der Waals surface area contributed by atoms with Crippen molar-refractivity contribution < 1.29 is 18.7 Å².